The van der Waals surface area contributed by atoms with Gasteiger partial charge in [0.2, 0.25) is 0 Å². The fourth-order valence-corrected chi connectivity index (χ4v) is 3.92. The van der Waals surface area contributed by atoms with Crippen molar-refractivity contribution in [2.75, 3.05) is 39.0 Å². The summed E-state index contributed by atoms with van der Waals surface area (Å²) < 4.78 is 0. The van der Waals surface area contributed by atoms with Crippen LogP contribution in [0.2, 0.25) is 0 Å². The van der Waals surface area contributed by atoms with Gasteiger partial charge in [-0.05, 0) is 37.6 Å². The molecule has 0 aliphatic carbocycles. The summed E-state index contributed by atoms with van der Waals surface area (Å²) in [7, 11) is 2.07. The monoisotopic (exact) mass is 414 g/mol. The summed E-state index contributed by atoms with van der Waals surface area (Å²) in [5, 5.41) is 19.4. The number of nitrogen functional groups attached to an aromatic ring is 1. The number of benzene rings is 1. The second-order valence-corrected chi connectivity index (χ2v) is 7.78. The number of likely N-dealkylation sites (N-methyl/N-ethyl adjacent to an activating group) is 1. The van der Waals surface area contributed by atoms with E-state index in [0.717, 1.165) is 42.9 Å². The predicted molar refractivity (Wildman–Crippen MR) is 113 cm³/mol. The van der Waals surface area contributed by atoms with Gasteiger partial charge in [-0.2, -0.15) is 0 Å². The number of hydrogen-bond donors (Lipinski definition) is 4. The number of carboxylic acid groups (broad SMARTS) is 2. The normalized spacial score (nSPS) is 15.3. The van der Waals surface area contributed by atoms with Gasteiger partial charge in [0.15, 0.2) is 0 Å². The Hall–Kier alpha value is -3.17. The van der Waals surface area contributed by atoms with Crippen molar-refractivity contribution < 1.29 is 19.8 Å². The van der Waals surface area contributed by atoms with Crippen molar-refractivity contribution in [1.29, 1.82) is 0 Å². The number of aromatic nitrogens is 1. The van der Waals surface area contributed by atoms with Crippen molar-refractivity contribution in [3.63, 3.8) is 0 Å². The minimum Gasteiger partial charge on any atom is -0.478 e. The molecule has 1 saturated heterocycles. The first kappa shape index (κ1) is 21.5. The molecule has 5 N–H and O–H groups in total. The van der Waals surface area contributed by atoms with E-state index in [0.29, 0.717) is 12.1 Å². The number of carboxylic acids is 2. The Kier molecular flexibility index (Phi) is 5.95. The van der Waals surface area contributed by atoms with Crippen LogP contribution in [-0.4, -0.2) is 70.2 Å². The number of H-pyrrole nitrogens is 1. The molecule has 0 atom stereocenters. The van der Waals surface area contributed by atoms with E-state index in [1.807, 2.05) is 19.9 Å². The lowest BCUT2D eigenvalue weighted by Gasteiger charge is -2.33. The molecule has 2 aromatic rings. The van der Waals surface area contributed by atoms with Crippen LogP contribution in [0, 0.1) is 13.8 Å². The maximum Gasteiger partial charge on any atom is 0.342 e. The Morgan fingerprint density at radius 3 is 2.23 bits per heavy atom. The van der Waals surface area contributed by atoms with E-state index in [1.54, 1.807) is 6.07 Å². The SMILES string of the molecule is Cc1cc(CN2CCN(C)CC2)c(C)c(-c2c(C(=O)O)c(N)[nH]c(=O)c2C(=O)O)c1. The van der Waals surface area contributed by atoms with Crippen LogP contribution in [0.3, 0.4) is 0 Å². The molecule has 1 aliphatic heterocycles. The molecule has 160 valence electrons. The summed E-state index contributed by atoms with van der Waals surface area (Å²) in [5.41, 5.74) is 6.58. The molecule has 0 unspecified atom stereocenters. The summed E-state index contributed by atoms with van der Waals surface area (Å²) in [4.78, 5) is 42.8. The van der Waals surface area contributed by atoms with E-state index in [9.17, 15) is 24.6 Å². The van der Waals surface area contributed by atoms with Gasteiger partial charge in [0, 0.05) is 38.3 Å². The topological polar surface area (TPSA) is 140 Å². The fourth-order valence-electron chi connectivity index (χ4n) is 3.92. The Morgan fingerprint density at radius 1 is 1.07 bits per heavy atom. The van der Waals surface area contributed by atoms with Crippen LogP contribution in [0.5, 0.6) is 0 Å². The Bertz CT molecular complexity index is 1070. The second kappa shape index (κ2) is 8.29. The van der Waals surface area contributed by atoms with Gasteiger partial charge in [-0.3, -0.25) is 9.69 Å². The largest absolute Gasteiger partial charge is 0.478 e. The van der Waals surface area contributed by atoms with Gasteiger partial charge in [0.1, 0.15) is 16.9 Å². The van der Waals surface area contributed by atoms with Crippen LogP contribution < -0.4 is 11.3 Å². The van der Waals surface area contributed by atoms with Crippen LogP contribution in [0.1, 0.15) is 37.4 Å². The number of rotatable bonds is 5. The smallest absolute Gasteiger partial charge is 0.342 e. The maximum absolute atomic E-state index is 12.4. The fraction of sp³-hybridized carbons (Fsp3) is 0.381. The molecule has 0 saturated carbocycles. The molecule has 0 amide bonds. The average Bonchev–Trinajstić information content (AvgIpc) is 2.64. The number of hydrogen-bond acceptors (Lipinski definition) is 6. The third kappa shape index (κ3) is 4.07. The summed E-state index contributed by atoms with van der Waals surface area (Å²) in [6, 6.07) is 3.71. The Balaban J connectivity index is 2.21. The highest BCUT2D eigenvalue weighted by Gasteiger charge is 2.28. The molecule has 0 radical (unpaired) electrons. The average molecular weight is 414 g/mol. The number of nitrogens with one attached hydrogen (secondary N) is 1. The minimum atomic E-state index is -1.50. The van der Waals surface area contributed by atoms with Crippen LogP contribution in [0.15, 0.2) is 16.9 Å². The summed E-state index contributed by atoms with van der Waals surface area (Å²) in [5.74, 6) is -3.27. The van der Waals surface area contributed by atoms with Crippen molar-refractivity contribution >= 4 is 17.8 Å². The Morgan fingerprint density at radius 2 is 1.67 bits per heavy atom. The third-order valence-corrected chi connectivity index (χ3v) is 5.59. The first-order valence-corrected chi connectivity index (χ1v) is 9.63. The first-order chi connectivity index (χ1) is 14.1. The second-order valence-electron chi connectivity index (χ2n) is 7.78. The highest BCUT2D eigenvalue weighted by molar-refractivity contribution is 6.07. The van der Waals surface area contributed by atoms with Gasteiger partial charge in [0.25, 0.3) is 5.56 Å². The number of aromatic amines is 1. The van der Waals surface area contributed by atoms with Gasteiger partial charge in [0.05, 0.1) is 0 Å². The van der Waals surface area contributed by atoms with Crippen LogP contribution in [0.25, 0.3) is 11.1 Å². The van der Waals surface area contributed by atoms with Crippen LogP contribution in [0.4, 0.5) is 5.82 Å². The van der Waals surface area contributed by atoms with Gasteiger partial charge >= 0.3 is 11.9 Å². The van der Waals surface area contributed by atoms with Crippen molar-refractivity contribution in [2.24, 2.45) is 0 Å². The molecule has 0 spiro atoms. The zero-order chi connectivity index (χ0) is 22.2. The first-order valence-electron chi connectivity index (χ1n) is 9.63. The van der Waals surface area contributed by atoms with E-state index >= 15 is 0 Å². The van der Waals surface area contributed by atoms with Crippen molar-refractivity contribution in [3.8, 4) is 11.1 Å². The van der Waals surface area contributed by atoms with Crippen LogP contribution >= 0.6 is 0 Å². The lowest BCUT2D eigenvalue weighted by Crippen LogP contribution is -2.44. The molecule has 1 aromatic carbocycles. The number of aromatic carboxylic acids is 2. The standard InChI is InChI=1S/C21H26N4O5/c1-11-8-13(10-25-6-4-24(3)5-7-25)12(2)14(9-11)15-16(20(27)28)18(22)23-19(26)17(15)21(29)30/h8-9H,4-7,10H2,1-3H3,(H,27,28)(H,29,30)(H3,22,23,26). The van der Waals surface area contributed by atoms with Gasteiger partial charge in [-0.15, -0.1) is 0 Å². The van der Waals surface area contributed by atoms with E-state index in [-0.39, 0.29) is 11.4 Å². The molecule has 1 aliphatic rings. The molecule has 1 aromatic heterocycles. The molecular formula is C21H26N4O5. The van der Waals surface area contributed by atoms with E-state index in [2.05, 4.69) is 21.8 Å². The van der Waals surface area contributed by atoms with Gasteiger partial charge in [-0.1, -0.05) is 17.7 Å². The van der Waals surface area contributed by atoms with Gasteiger partial charge < -0.3 is 25.8 Å². The molecule has 1 fully saturated rings. The summed E-state index contributed by atoms with van der Waals surface area (Å²) in [6.45, 7) is 8.03. The van der Waals surface area contributed by atoms with E-state index in [4.69, 9.17) is 5.73 Å². The number of nitrogens with two attached hydrogens (primary N) is 1. The zero-order valence-corrected chi connectivity index (χ0v) is 17.3. The third-order valence-electron chi connectivity index (χ3n) is 5.59. The molecule has 0 bridgehead atoms. The van der Waals surface area contributed by atoms with Gasteiger partial charge in [-0.25, -0.2) is 9.59 Å². The lowest BCUT2D eigenvalue weighted by atomic mass is 9.88. The maximum atomic E-state index is 12.4. The number of anilines is 1. The predicted octanol–water partition coefficient (Wildman–Crippen LogP) is 1.38. The molecule has 3 rings (SSSR count). The number of pyridine rings is 1. The molecule has 30 heavy (non-hydrogen) atoms. The van der Waals surface area contributed by atoms with E-state index in [1.165, 1.54) is 0 Å². The minimum absolute atomic E-state index is 0.155. The number of nitrogens with zero attached hydrogens (tertiary/aromatic N) is 2. The van der Waals surface area contributed by atoms with Crippen molar-refractivity contribution in [3.05, 3.63) is 50.3 Å². The molecule has 2 heterocycles. The summed E-state index contributed by atoms with van der Waals surface area (Å²) >= 11 is 0. The highest BCUT2D eigenvalue weighted by atomic mass is 16.4. The molecule has 9 heteroatoms. The molecular weight excluding hydrogens is 388 g/mol. The van der Waals surface area contributed by atoms with Crippen molar-refractivity contribution in [1.82, 2.24) is 14.8 Å². The zero-order valence-electron chi connectivity index (χ0n) is 17.3. The number of piperazine rings is 1. The number of aryl methyl sites for hydroxylation is 1. The van der Waals surface area contributed by atoms with Crippen LogP contribution in [-0.2, 0) is 6.54 Å². The lowest BCUT2D eigenvalue weighted by molar-refractivity contribution is 0.0695. The summed E-state index contributed by atoms with van der Waals surface area (Å²) in [6.07, 6.45) is 0. The molecule has 9 nitrogen and oxygen atoms in total. The number of carbonyl (C=O) groups is 2. The van der Waals surface area contributed by atoms with Crippen molar-refractivity contribution in [2.45, 2.75) is 20.4 Å². The highest BCUT2D eigenvalue weighted by Crippen LogP contribution is 2.34. The Labute approximate surface area is 173 Å². The quantitative estimate of drug-likeness (QED) is 0.575. The van der Waals surface area contributed by atoms with E-state index < -0.39 is 28.6 Å².